The Morgan fingerprint density at radius 1 is 1.21 bits per heavy atom. The van der Waals surface area contributed by atoms with Crippen LogP contribution in [0.15, 0.2) is 35.0 Å². The van der Waals surface area contributed by atoms with E-state index >= 15 is 0 Å². The maximum absolute atomic E-state index is 13.5. The van der Waals surface area contributed by atoms with Crippen LogP contribution in [0.3, 0.4) is 0 Å². The Kier molecular flexibility index (Phi) is 5.00. The monoisotopic (exact) mass is 380 g/mol. The number of aromatic nitrogens is 2. The second-order valence-corrected chi connectivity index (χ2v) is 6.86. The van der Waals surface area contributed by atoms with Gasteiger partial charge in [-0.3, -0.25) is 4.79 Å². The van der Waals surface area contributed by atoms with E-state index in [1.807, 2.05) is 24.3 Å². The van der Waals surface area contributed by atoms with E-state index in [1.54, 1.807) is 18.9 Å². The Morgan fingerprint density at radius 2 is 1.96 bits per heavy atom. The van der Waals surface area contributed by atoms with E-state index in [9.17, 15) is 4.79 Å². The van der Waals surface area contributed by atoms with Gasteiger partial charge in [-0.25, -0.2) is 9.97 Å². The number of fused-ring (bicyclic) bond motifs is 1. The third-order valence-electron chi connectivity index (χ3n) is 5.21. The molecule has 1 aromatic carbocycles. The van der Waals surface area contributed by atoms with Gasteiger partial charge in [-0.1, -0.05) is 25.1 Å². The third kappa shape index (κ3) is 3.11. The van der Waals surface area contributed by atoms with Gasteiger partial charge in [0.25, 0.3) is 5.91 Å². The summed E-state index contributed by atoms with van der Waals surface area (Å²) in [5, 5.41) is 0.674. The highest BCUT2D eigenvalue weighted by Gasteiger charge is 2.28. The van der Waals surface area contributed by atoms with Gasteiger partial charge in [0.2, 0.25) is 5.71 Å². The largest absolute Gasteiger partial charge is 0.442 e. The molecule has 1 amide bonds. The van der Waals surface area contributed by atoms with E-state index in [0.717, 1.165) is 36.6 Å². The van der Waals surface area contributed by atoms with Crippen molar-refractivity contribution in [2.75, 3.05) is 43.2 Å². The summed E-state index contributed by atoms with van der Waals surface area (Å²) in [7, 11) is 1.80. The Morgan fingerprint density at radius 3 is 2.71 bits per heavy atom. The number of carbonyl (C=O) groups excluding carboxylic acids is 1. The average Bonchev–Trinajstić information content (AvgIpc) is 3.09. The van der Waals surface area contributed by atoms with E-state index in [-0.39, 0.29) is 5.91 Å². The van der Waals surface area contributed by atoms with Crippen LogP contribution in [0.2, 0.25) is 0 Å². The van der Waals surface area contributed by atoms with E-state index in [4.69, 9.17) is 9.15 Å². The van der Waals surface area contributed by atoms with E-state index in [1.165, 1.54) is 6.33 Å². The Hall–Kier alpha value is -2.93. The van der Waals surface area contributed by atoms with Crippen LogP contribution >= 0.6 is 0 Å². The van der Waals surface area contributed by atoms with Crippen LogP contribution in [0.5, 0.6) is 0 Å². The molecule has 0 N–H and O–H groups in total. The highest BCUT2D eigenvalue weighted by molar-refractivity contribution is 6.16. The quantitative estimate of drug-likeness (QED) is 0.692. The van der Waals surface area contributed by atoms with Crippen molar-refractivity contribution in [2.45, 2.75) is 20.3 Å². The van der Waals surface area contributed by atoms with Crippen LogP contribution in [0, 0.1) is 6.92 Å². The van der Waals surface area contributed by atoms with Crippen molar-refractivity contribution < 1.29 is 13.9 Å². The van der Waals surface area contributed by atoms with Crippen LogP contribution in [0.1, 0.15) is 28.6 Å². The molecule has 1 fully saturated rings. The molecule has 1 aliphatic heterocycles. The van der Waals surface area contributed by atoms with Crippen molar-refractivity contribution in [3.05, 3.63) is 47.5 Å². The number of para-hydroxylation sites is 1. The maximum Gasteiger partial charge on any atom is 0.262 e. The fourth-order valence-corrected chi connectivity index (χ4v) is 3.72. The maximum atomic E-state index is 13.5. The molecule has 3 aromatic rings. The Bertz CT molecular complexity index is 1010. The first-order valence-electron chi connectivity index (χ1n) is 9.54. The van der Waals surface area contributed by atoms with Crippen LogP contribution in [-0.2, 0) is 11.2 Å². The van der Waals surface area contributed by atoms with Gasteiger partial charge >= 0.3 is 0 Å². The molecule has 0 bridgehead atoms. The minimum atomic E-state index is -0.124. The number of benzene rings is 1. The van der Waals surface area contributed by atoms with E-state index < -0.39 is 0 Å². The zero-order valence-electron chi connectivity index (χ0n) is 16.4. The summed E-state index contributed by atoms with van der Waals surface area (Å²) < 4.78 is 11.3. The van der Waals surface area contributed by atoms with Crippen molar-refractivity contribution >= 4 is 28.5 Å². The van der Waals surface area contributed by atoms with Gasteiger partial charge in [0.15, 0.2) is 0 Å². The lowest BCUT2D eigenvalue weighted by atomic mass is 10.1. The van der Waals surface area contributed by atoms with Crippen molar-refractivity contribution in [3.8, 4) is 0 Å². The summed E-state index contributed by atoms with van der Waals surface area (Å²) >= 11 is 0. The summed E-state index contributed by atoms with van der Waals surface area (Å²) in [6.45, 7) is 6.60. The lowest BCUT2D eigenvalue weighted by molar-refractivity contribution is 0.0992. The molecule has 2 aromatic heterocycles. The molecular formula is C21H24N4O3. The van der Waals surface area contributed by atoms with Crippen molar-refractivity contribution in [1.29, 1.82) is 0 Å². The van der Waals surface area contributed by atoms with E-state index in [2.05, 4.69) is 21.8 Å². The number of nitrogens with zero attached hydrogens (tertiary/aromatic N) is 4. The minimum absolute atomic E-state index is 0.124. The average molecular weight is 380 g/mol. The molecule has 0 atom stereocenters. The smallest absolute Gasteiger partial charge is 0.262 e. The molecule has 146 valence electrons. The van der Waals surface area contributed by atoms with E-state index in [0.29, 0.717) is 35.6 Å². The first kappa shape index (κ1) is 18.4. The van der Waals surface area contributed by atoms with Gasteiger partial charge in [0, 0.05) is 25.8 Å². The molecule has 7 heteroatoms. The molecule has 1 saturated heterocycles. The summed E-state index contributed by atoms with van der Waals surface area (Å²) in [4.78, 5) is 26.1. The lowest BCUT2D eigenvalue weighted by Crippen LogP contribution is -2.37. The number of carbonyl (C=O) groups is 1. The molecule has 28 heavy (non-hydrogen) atoms. The van der Waals surface area contributed by atoms with Gasteiger partial charge < -0.3 is 19.0 Å². The number of amides is 1. The SMILES string of the molecule is CCc1ccccc1N(C)C(=O)c1c(C)oc2ncnc(N3CCOCC3)c12. The number of hydrogen-bond donors (Lipinski definition) is 0. The predicted molar refractivity (Wildman–Crippen MR) is 108 cm³/mol. The topological polar surface area (TPSA) is 71.7 Å². The first-order chi connectivity index (χ1) is 13.6. The number of morpholine rings is 1. The Balaban J connectivity index is 1.81. The minimum Gasteiger partial charge on any atom is -0.442 e. The third-order valence-corrected chi connectivity index (χ3v) is 5.21. The van der Waals surface area contributed by atoms with Gasteiger partial charge in [-0.15, -0.1) is 0 Å². The summed E-state index contributed by atoms with van der Waals surface area (Å²) in [5.41, 5.74) is 2.97. The summed E-state index contributed by atoms with van der Waals surface area (Å²) in [6.07, 6.45) is 2.33. The number of rotatable bonds is 4. The molecule has 0 radical (unpaired) electrons. The molecule has 7 nitrogen and oxygen atoms in total. The summed E-state index contributed by atoms with van der Waals surface area (Å²) in [5.74, 6) is 1.16. The molecule has 3 heterocycles. The normalized spacial score (nSPS) is 14.5. The molecule has 1 aliphatic rings. The number of ether oxygens (including phenoxy) is 1. The number of furan rings is 1. The number of anilines is 2. The molecule has 0 saturated carbocycles. The first-order valence-corrected chi connectivity index (χ1v) is 9.54. The Labute approximate surface area is 163 Å². The fraction of sp³-hybridized carbons (Fsp3) is 0.381. The fourth-order valence-electron chi connectivity index (χ4n) is 3.72. The lowest BCUT2D eigenvalue weighted by Gasteiger charge is -2.28. The summed E-state index contributed by atoms with van der Waals surface area (Å²) in [6, 6.07) is 7.94. The van der Waals surface area contributed by atoms with Crippen LogP contribution in [-0.4, -0.2) is 49.2 Å². The second kappa shape index (κ2) is 7.59. The van der Waals surface area contributed by atoms with Crippen molar-refractivity contribution in [1.82, 2.24) is 9.97 Å². The van der Waals surface area contributed by atoms with Crippen LogP contribution in [0.4, 0.5) is 11.5 Å². The molecule has 0 unspecified atom stereocenters. The van der Waals surface area contributed by atoms with Crippen molar-refractivity contribution in [2.24, 2.45) is 0 Å². The molecule has 0 spiro atoms. The van der Waals surface area contributed by atoms with Gasteiger partial charge in [-0.05, 0) is 25.0 Å². The predicted octanol–water partition coefficient (Wildman–Crippen LogP) is 3.21. The van der Waals surface area contributed by atoms with Crippen LogP contribution < -0.4 is 9.80 Å². The van der Waals surface area contributed by atoms with Crippen LogP contribution in [0.25, 0.3) is 11.1 Å². The molecule has 0 aliphatic carbocycles. The van der Waals surface area contributed by atoms with Crippen molar-refractivity contribution in [3.63, 3.8) is 0 Å². The molecular weight excluding hydrogens is 356 g/mol. The zero-order valence-corrected chi connectivity index (χ0v) is 16.4. The number of aryl methyl sites for hydroxylation is 2. The zero-order chi connectivity index (χ0) is 19.7. The standard InChI is InChI=1S/C21H24N4O3/c1-4-15-7-5-6-8-16(15)24(3)21(26)17-14(2)28-20-18(17)19(22-13-23-20)25-9-11-27-12-10-25/h5-8,13H,4,9-12H2,1-3H3. The second-order valence-electron chi connectivity index (χ2n) is 6.86. The highest BCUT2D eigenvalue weighted by atomic mass is 16.5. The van der Waals surface area contributed by atoms with Gasteiger partial charge in [0.1, 0.15) is 17.9 Å². The number of hydrogen-bond acceptors (Lipinski definition) is 6. The molecule has 4 rings (SSSR count). The van der Waals surface area contributed by atoms with Gasteiger partial charge in [0.05, 0.1) is 24.2 Å². The van der Waals surface area contributed by atoms with Gasteiger partial charge in [-0.2, -0.15) is 0 Å². The highest BCUT2D eigenvalue weighted by Crippen LogP contribution is 2.33.